The molecule has 3 aromatic heterocycles. The minimum absolute atomic E-state index is 0.727. The quantitative estimate of drug-likeness (QED) is 0.195. The molecule has 0 fully saturated rings. The average Bonchev–Trinajstić information content (AvgIpc) is 3.79. The van der Waals surface area contributed by atoms with E-state index in [1.807, 2.05) is 12.1 Å². The summed E-state index contributed by atoms with van der Waals surface area (Å²) in [6, 6.07) is 56.7. The van der Waals surface area contributed by atoms with Gasteiger partial charge in [-0.2, -0.15) is 5.26 Å². The van der Waals surface area contributed by atoms with Crippen molar-refractivity contribution in [3.8, 4) is 28.6 Å². The lowest BCUT2D eigenvalue weighted by Gasteiger charge is -2.10. The summed E-state index contributed by atoms with van der Waals surface area (Å²) in [5.41, 5.74) is 10.2. The molecule has 3 nitrogen and oxygen atoms in total. The smallest absolute Gasteiger partial charge is 0.101 e. The molecule has 0 bridgehead atoms. The van der Waals surface area contributed by atoms with Crippen molar-refractivity contribution in [1.82, 2.24) is 9.13 Å². The van der Waals surface area contributed by atoms with Crippen molar-refractivity contribution in [2.45, 2.75) is 0 Å². The predicted octanol–water partition coefficient (Wildman–Crippen LogP) is 11.8. The molecule has 0 aliphatic carbocycles. The van der Waals surface area contributed by atoms with E-state index >= 15 is 0 Å². The molecule has 10 rings (SSSR count). The first kappa shape index (κ1) is 26.1. The molecule has 3 heterocycles. The Bertz CT molecular complexity index is 2910. The van der Waals surface area contributed by atoms with Crippen LogP contribution in [-0.4, -0.2) is 9.13 Å². The molecule has 218 valence electrons. The predicted molar refractivity (Wildman–Crippen MR) is 198 cm³/mol. The highest BCUT2D eigenvalue weighted by atomic mass is 32.1. The first-order valence-corrected chi connectivity index (χ1v) is 16.6. The van der Waals surface area contributed by atoms with Gasteiger partial charge in [0.2, 0.25) is 0 Å². The van der Waals surface area contributed by atoms with Crippen LogP contribution in [0.25, 0.3) is 86.3 Å². The van der Waals surface area contributed by atoms with Gasteiger partial charge in [0.05, 0.1) is 42.7 Å². The monoisotopic (exact) mass is 615 g/mol. The molecule has 0 N–H and O–H groups in total. The van der Waals surface area contributed by atoms with E-state index in [9.17, 15) is 5.26 Å². The van der Waals surface area contributed by atoms with Crippen molar-refractivity contribution < 1.29 is 0 Å². The Morgan fingerprint density at radius 2 is 0.957 bits per heavy atom. The third-order valence-electron chi connectivity index (χ3n) is 9.56. The fraction of sp³-hybridized carbons (Fsp3) is 0. The molecule has 0 spiro atoms. The van der Waals surface area contributed by atoms with E-state index in [-0.39, 0.29) is 0 Å². The number of hydrogen-bond donors (Lipinski definition) is 0. The Morgan fingerprint density at radius 1 is 0.426 bits per heavy atom. The fourth-order valence-electron chi connectivity index (χ4n) is 7.49. The highest BCUT2D eigenvalue weighted by molar-refractivity contribution is 7.26. The van der Waals surface area contributed by atoms with E-state index in [0.717, 1.165) is 27.0 Å². The number of rotatable bonds is 3. The Morgan fingerprint density at radius 3 is 1.64 bits per heavy atom. The van der Waals surface area contributed by atoms with Gasteiger partial charge in [-0.15, -0.1) is 11.3 Å². The summed E-state index contributed by atoms with van der Waals surface area (Å²) in [6.07, 6.45) is 0. The summed E-state index contributed by atoms with van der Waals surface area (Å²) in [7, 11) is 0. The van der Waals surface area contributed by atoms with Crippen molar-refractivity contribution in [3.63, 3.8) is 0 Å². The number of nitriles is 1. The van der Waals surface area contributed by atoms with Gasteiger partial charge in [-0.1, -0.05) is 91.0 Å². The van der Waals surface area contributed by atoms with Gasteiger partial charge in [-0.25, -0.2) is 0 Å². The highest BCUT2D eigenvalue weighted by Gasteiger charge is 2.19. The van der Waals surface area contributed by atoms with Crippen molar-refractivity contribution in [2.75, 3.05) is 0 Å². The number of hydrogen-bond acceptors (Lipinski definition) is 2. The summed E-state index contributed by atoms with van der Waals surface area (Å²) >= 11 is 1.71. The molecule has 0 aliphatic rings. The van der Waals surface area contributed by atoms with Crippen molar-refractivity contribution >= 4 is 75.1 Å². The second-order valence-electron chi connectivity index (χ2n) is 12.1. The molecular weight excluding hydrogens is 591 g/mol. The lowest BCUT2D eigenvalue weighted by molar-refractivity contribution is 1.18. The van der Waals surface area contributed by atoms with Crippen LogP contribution in [0.2, 0.25) is 0 Å². The molecule has 0 aliphatic heterocycles. The number of benzene rings is 7. The number of thiophene rings is 1. The van der Waals surface area contributed by atoms with Gasteiger partial charge in [0.25, 0.3) is 0 Å². The molecule has 0 unspecified atom stereocenters. The largest absolute Gasteiger partial charge is 0.309 e. The first-order valence-electron chi connectivity index (χ1n) is 15.8. The summed E-state index contributed by atoms with van der Waals surface area (Å²) < 4.78 is 7.00. The molecule has 4 heteroatoms. The molecule has 0 radical (unpaired) electrons. The molecule has 0 saturated carbocycles. The number of nitrogens with zero attached hydrogens (tertiary/aromatic N) is 3. The summed E-state index contributed by atoms with van der Waals surface area (Å²) in [6.45, 7) is 0. The fourth-order valence-corrected chi connectivity index (χ4v) is 8.76. The van der Waals surface area contributed by atoms with Crippen LogP contribution < -0.4 is 0 Å². The van der Waals surface area contributed by atoms with E-state index in [4.69, 9.17) is 0 Å². The van der Waals surface area contributed by atoms with Gasteiger partial charge >= 0.3 is 0 Å². The lowest BCUT2D eigenvalue weighted by atomic mass is 10.0. The maximum Gasteiger partial charge on any atom is 0.101 e. The highest BCUT2D eigenvalue weighted by Crippen LogP contribution is 2.43. The Balaban J connectivity index is 1.20. The number of aromatic nitrogens is 2. The summed E-state index contributed by atoms with van der Waals surface area (Å²) in [5.74, 6) is 0. The first-order chi connectivity index (χ1) is 23.3. The van der Waals surface area contributed by atoms with Gasteiger partial charge in [0, 0.05) is 38.0 Å². The number of para-hydroxylation sites is 3. The van der Waals surface area contributed by atoms with E-state index in [1.165, 1.54) is 64.8 Å². The van der Waals surface area contributed by atoms with E-state index < -0.39 is 0 Å². The molecule has 10 aromatic rings. The summed E-state index contributed by atoms with van der Waals surface area (Å²) in [4.78, 5) is 0. The third kappa shape index (κ3) is 3.72. The Hall–Kier alpha value is -6.15. The van der Waals surface area contributed by atoms with Gasteiger partial charge in [-0.3, -0.25) is 0 Å². The zero-order valence-electron chi connectivity index (χ0n) is 25.2. The van der Waals surface area contributed by atoms with Crippen LogP contribution in [0.1, 0.15) is 5.56 Å². The maximum atomic E-state index is 9.83. The van der Waals surface area contributed by atoms with Crippen molar-refractivity contribution in [1.29, 1.82) is 5.26 Å². The van der Waals surface area contributed by atoms with Gasteiger partial charge in [-0.05, 0) is 71.8 Å². The maximum absolute atomic E-state index is 9.83. The lowest BCUT2D eigenvalue weighted by Crippen LogP contribution is -1.94. The molecule has 0 amide bonds. The van der Waals surface area contributed by atoms with Crippen LogP contribution in [0.4, 0.5) is 0 Å². The van der Waals surface area contributed by atoms with Crippen LogP contribution >= 0.6 is 11.3 Å². The summed E-state index contributed by atoms with van der Waals surface area (Å²) in [5, 5.41) is 17.1. The van der Waals surface area contributed by atoms with Crippen LogP contribution in [0.5, 0.6) is 0 Å². The molecule has 0 atom stereocenters. The SMILES string of the molecule is N#Cc1cccc2c1sc1c(-n3c4ccccc4c4cc(-c5ccc6c(c5)c5ccccc5n6-c5ccccc5)ccc43)cccc12. The van der Waals surface area contributed by atoms with Crippen LogP contribution in [-0.2, 0) is 0 Å². The van der Waals surface area contributed by atoms with Crippen LogP contribution in [0.3, 0.4) is 0 Å². The van der Waals surface area contributed by atoms with Gasteiger partial charge in [0.15, 0.2) is 0 Å². The molecule has 7 aromatic carbocycles. The average molecular weight is 616 g/mol. The zero-order chi connectivity index (χ0) is 31.1. The molecule has 0 saturated heterocycles. The second kappa shape index (κ2) is 9.92. The Labute approximate surface area is 274 Å². The van der Waals surface area contributed by atoms with Crippen molar-refractivity contribution in [3.05, 3.63) is 157 Å². The molecule has 47 heavy (non-hydrogen) atoms. The standard InChI is InChI=1S/C43H25N3S/c44-26-29-10-8-15-33-34-16-9-19-41(43(34)47-42(29)33)46-38-18-7-5-14-32(38)36-25-28(21-23-40(36)46)27-20-22-39-35(24-27)31-13-4-6-17-37(31)45(39)30-11-2-1-3-12-30/h1-25H. The third-order valence-corrected chi connectivity index (χ3v) is 10.8. The van der Waals surface area contributed by atoms with E-state index in [1.54, 1.807) is 11.3 Å². The topological polar surface area (TPSA) is 33.6 Å². The minimum Gasteiger partial charge on any atom is -0.309 e. The zero-order valence-corrected chi connectivity index (χ0v) is 26.0. The normalized spacial score (nSPS) is 11.8. The van der Waals surface area contributed by atoms with Crippen LogP contribution in [0, 0.1) is 11.3 Å². The second-order valence-corrected chi connectivity index (χ2v) is 13.1. The molecular formula is C43H25N3S. The Kier molecular flexibility index (Phi) is 5.51. The van der Waals surface area contributed by atoms with Gasteiger partial charge < -0.3 is 9.13 Å². The number of fused-ring (bicyclic) bond motifs is 9. The minimum atomic E-state index is 0.727. The van der Waals surface area contributed by atoms with Crippen molar-refractivity contribution in [2.24, 2.45) is 0 Å². The van der Waals surface area contributed by atoms with E-state index in [2.05, 4.69) is 155 Å². The van der Waals surface area contributed by atoms with Crippen LogP contribution in [0.15, 0.2) is 152 Å². The van der Waals surface area contributed by atoms with Gasteiger partial charge in [0.1, 0.15) is 6.07 Å². The van der Waals surface area contributed by atoms with E-state index in [0.29, 0.717) is 0 Å².